The van der Waals surface area contributed by atoms with Gasteiger partial charge < -0.3 is 10.2 Å². The van der Waals surface area contributed by atoms with E-state index in [9.17, 15) is 4.79 Å². The number of nitrogens with one attached hydrogen (secondary N) is 1. The van der Waals surface area contributed by atoms with Gasteiger partial charge >= 0.3 is 0 Å². The highest BCUT2D eigenvalue weighted by atomic mass is 16.1. The van der Waals surface area contributed by atoms with Crippen LogP contribution in [0.25, 0.3) is 0 Å². The van der Waals surface area contributed by atoms with Crippen LogP contribution in [-0.4, -0.2) is 17.4 Å². The molecular weight excluding hydrogens is 224 g/mol. The fraction of sp³-hybridized carbons (Fsp3) is 0.267. The van der Waals surface area contributed by atoms with Crippen molar-refractivity contribution in [2.24, 2.45) is 0 Å². The molecule has 0 saturated carbocycles. The van der Waals surface area contributed by atoms with E-state index in [4.69, 9.17) is 0 Å². The fourth-order valence-corrected chi connectivity index (χ4v) is 1.85. The van der Waals surface area contributed by atoms with Crippen molar-refractivity contribution >= 4 is 5.91 Å². The first-order valence-electron chi connectivity index (χ1n) is 6.25. The maximum Gasteiger partial charge on any atom is 0.249 e. The maximum absolute atomic E-state index is 12.0. The second-order valence-electron chi connectivity index (χ2n) is 4.24. The second-order valence-corrected chi connectivity index (χ2v) is 4.24. The van der Waals surface area contributed by atoms with E-state index in [0.717, 1.165) is 17.7 Å². The molecule has 0 atom stereocenters. The third-order valence-corrected chi connectivity index (χ3v) is 2.91. The molecular formula is C15H18N2O. The number of benzene rings is 1. The quantitative estimate of drug-likeness (QED) is 0.879. The Morgan fingerprint density at radius 3 is 2.83 bits per heavy atom. The number of carbonyl (C=O) groups excluding carboxylic acids is 1. The zero-order chi connectivity index (χ0) is 12.8. The molecule has 0 aromatic heterocycles. The van der Waals surface area contributed by atoms with Crippen molar-refractivity contribution in [1.29, 1.82) is 0 Å². The number of carbonyl (C=O) groups is 1. The van der Waals surface area contributed by atoms with Crippen molar-refractivity contribution in [2.45, 2.75) is 19.9 Å². The van der Waals surface area contributed by atoms with E-state index in [1.165, 1.54) is 0 Å². The number of allylic oxidation sites excluding steroid dienone is 1. The minimum absolute atomic E-state index is 0.0154. The third-order valence-electron chi connectivity index (χ3n) is 2.91. The van der Waals surface area contributed by atoms with Gasteiger partial charge in [-0.3, -0.25) is 4.79 Å². The van der Waals surface area contributed by atoms with Crippen molar-refractivity contribution in [3.63, 3.8) is 0 Å². The lowest BCUT2D eigenvalue weighted by atomic mass is 10.1. The van der Waals surface area contributed by atoms with E-state index >= 15 is 0 Å². The van der Waals surface area contributed by atoms with Crippen LogP contribution in [0.4, 0.5) is 0 Å². The second kappa shape index (κ2) is 6.05. The summed E-state index contributed by atoms with van der Waals surface area (Å²) < 4.78 is 0. The lowest BCUT2D eigenvalue weighted by Crippen LogP contribution is -2.27. The number of nitrogens with zero attached hydrogens (tertiary/aromatic N) is 1. The predicted octanol–water partition coefficient (Wildman–Crippen LogP) is 2.43. The zero-order valence-corrected chi connectivity index (χ0v) is 10.6. The van der Waals surface area contributed by atoms with Crippen molar-refractivity contribution in [3.8, 4) is 0 Å². The van der Waals surface area contributed by atoms with E-state index in [1.54, 1.807) is 0 Å². The van der Waals surface area contributed by atoms with E-state index in [1.807, 2.05) is 53.7 Å². The molecule has 1 heterocycles. The van der Waals surface area contributed by atoms with Crippen LogP contribution >= 0.6 is 0 Å². The molecule has 3 heteroatoms. The topological polar surface area (TPSA) is 32.3 Å². The van der Waals surface area contributed by atoms with Crippen LogP contribution in [0.2, 0.25) is 0 Å². The Morgan fingerprint density at radius 1 is 1.33 bits per heavy atom. The molecule has 1 aliphatic heterocycles. The molecule has 0 unspecified atom stereocenters. The molecule has 1 aromatic carbocycles. The van der Waals surface area contributed by atoms with Crippen LogP contribution in [0.1, 0.15) is 18.9 Å². The van der Waals surface area contributed by atoms with Crippen molar-refractivity contribution < 1.29 is 4.79 Å². The Labute approximate surface area is 108 Å². The first-order valence-corrected chi connectivity index (χ1v) is 6.25. The van der Waals surface area contributed by atoms with Crippen LogP contribution in [0.15, 0.2) is 54.4 Å². The van der Waals surface area contributed by atoms with E-state index in [-0.39, 0.29) is 5.91 Å². The summed E-state index contributed by atoms with van der Waals surface area (Å²) in [5.74, 6) is 0.0154. The van der Waals surface area contributed by atoms with Crippen LogP contribution in [0.5, 0.6) is 0 Å². The van der Waals surface area contributed by atoms with Gasteiger partial charge in [0.05, 0.1) is 0 Å². The molecule has 0 spiro atoms. The van der Waals surface area contributed by atoms with Crippen molar-refractivity contribution in [3.05, 3.63) is 59.9 Å². The Bertz CT molecular complexity index is 463. The number of hydrogen-bond acceptors (Lipinski definition) is 2. The van der Waals surface area contributed by atoms with Gasteiger partial charge in [-0.1, -0.05) is 36.4 Å². The van der Waals surface area contributed by atoms with Gasteiger partial charge in [0, 0.05) is 24.9 Å². The Balaban J connectivity index is 1.91. The Hall–Kier alpha value is -2.03. The summed E-state index contributed by atoms with van der Waals surface area (Å²) in [5, 5.41) is 2.95. The van der Waals surface area contributed by atoms with Crippen LogP contribution in [-0.2, 0) is 11.3 Å². The monoisotopic (exact) mass is 242 g/mol. The average molecular weight is 242 g/mol. The minimum Gasteiger partial charge on any atom is -0.354 e. The predicted molar refractivity (Wildman–Crippen MR) is 72.5 cm³/mol. The SMILES string of the molecule is CCN1C=CCC(C(=O)NCc2ccccc2)=C1. The minimum atomic E-state index is 0.0154. The molecule has 94 valence electrons. The molecule has 18 heavy (non-hydrogen) atoms. The van der Waals surface area contributed by atoms with Crippen LogP contribution in [0.3, 0.4) is 0 Å². The van der Waals surface area contributed by atoms with Gasteiger partial charge in [0.15, 0.2) is 0 Å². The molecule has 1 amide bonds. The first-order chi connectivity index (χ1) is 8.79. The molecule has 0 saturated heterocycles. The Morgan fingerprint density at radius 2 is 2.11 bits per heavy atom. The van der Waals surface area contributed by atoms with Gasteiger partial charge in [-0.15, -0.1) is 0 Å². The standard InChI is InChI=1S/C15H18N2O/c1-2-17-10-6-9-14(12-17)15(18)16-11-13-7-4-3-5-8-13/h3-8,10,12H,2,9,11H2,1H3,(H,16,18). The summed E-state index contributed by atoms with van der Waals surface area (Å²) in [6.45, 7) is 3.52. The third kappa shape index (κ3) is 3.23. The van der Waals surface area contributed by atoms with Gasteiger partial charge in [0.25, 0.3) is 0 Å². The summed E-state index contributed by atoms with van der Waals surface area (Å²) in [6, 6.07) is 9.94. The molecule has 1 aromatic rings. The molecule has 0 fully saturated rings. The van der Waals surface area contributed by atoms with Crippen LogP contribution < -0.4 is 5.32 Å². The van der Waals surface area contributed by atoms with E-state index in [0.29, 0.717) is 13.0 Å². The van der Waals surface area contributed by atoms with E-state index < -0.39 is 0 Å². The summed E-state index contributed by atoms with van der Waals surface area (Å²) in [4.78, 5) is 14.0. The highest BCUT2D eigenvalue weighted by molar-refractivity contribution is 5.93. The van der Waals surface area contributed by atoms with Crippen molar-refractivity contribution in [2.75, 3.05) is 6.54 Å². The molecule has 0 aliphatic carbocycles. The molecule has 1 aliphatic rings. The number of amides is 1. The van der Waals surface area contributed by atoms with Gasteiger partial charge in [-0.25, -0.2) is 0 Å². The van der Waals surface area contributed by atoms with Gasteiger partial charge in [0.2, 0.25) is 5.91 Å². The van der Waals surface area contributed by atoms with Crippen molar-refractivity contribution in [1.82, 2.24) is 10.2 Å². The lowest BCUT2D eigenvalue weighted by molar-refractivity contribution is -0.117. The molecule has 1 N–H and O–H groups in total. The normalized spacial score (nSPS) is 14.3. The van der Waals surface area contributed by atoms with E-state index in [2.05, 4.69) is 12.2 Å². The van der Waals surface area contributed by atoms with Gasteiger partial charge in [-0.05, 0) is 25.1 Å². The summed E-state index contributed by atoms with van der Waals surface area (Å²) in [5.41, 5.74) is 1.93. The number of rotatable bonds is 4. The lowest BCUT2D eigenvalue weighted by Gasteiger charge is -2.19. The summed E-state index contributed by atoms with van der Waals surface area (Å²) >= 11 is 0. The maximum atomic E-state index is 12.0. The first kappa shape index (κ1) is 12.4. The highest BCUT2D eigenvalue weighted by Gasteiger charge is 2.11. The van der Waals surface area contributed by atoms with Gasteiger partial charge in [-0.2, -0.15) is 0 Å². The number of hydrogen-bond donors (Lipinski definition) is 1. The highest BCUT2D eigenvalue weighted by Crippen LogP contribution is 2.12. The van der Waals surface area contributed by atoms with Crippen LogP contribution in [0, 0.1) is 0 Å². The summed E-state index contributed by atoms with van der Waals surface area (Å²) in [6.07, 6.45) is 6.65. The Kier molecular flexibility index (Phi) is 4.18. The average Bonchev–Trinajstić information content (AvgIpc) is 2.46. The fourth-order valence-electron chi connectivity index (χ4n) is 1.85. The largest absolute Gasteiger partial charge is 0.354 e. The molecule has 0 bridgehead atoms. The van der Waals surface area contributed by atoms with Gasteiger partial charge in [0.1, 0.15) is 0 Å². The molecule has 2 rings (SSSR count). The smallest absolute Gasteiger partial charge is 0.249 e. The molecule has 3 nitrogen and oxygen atoms in total. The molecule has 0 radical (unpaired) electrons. The summed E-state index contributed by atoms with van der Waals surface area (Å²) in [7, 11) is 0. The zero-order valence-electron chi connectivity index (χ0n) is 10.6.